The van der Waals surface area contributed by atoms with Crippen molar-refractivity contribution < 1.29 is 84.1 Å². The van der Waals surface area contributed by atoms with Gasteiger partial charge in [0, 0.05) is 37.0 Å². The lowest BCUT2D eigenvalue weighted by Crippen LogP contribution is -2.52. The predicted octanol–water partition coefficient (Wildman–Crippen LogP) is 7.54. The van der Waals surface area contributed by atoms with Crippen molar-refractivity contribution in [2.45, 2.75) is 70.2 Å². The Bertz CT molecular complexity index is 3050. The number of carbonyl (C=O) groups excluding carboxylic acids is 5. The smallest absolute Gasteiger partial charge is 0.482 e. The molecule has 22 nitrogen and oxygen atoms in total. The van der Waals surface area contributed by atoms with E-state index in [4.69, 9.17) is 46.8 Å². The molecule has 78 heavy (non-hydrogen) atoms. The second kappa shape index (κ2) is 25.8. The highest BCUT2D eigenvalue weighted by molar-refractivity contribution is 7.48. The number of pyridine rings is 1. The van der Waals surface area contributed by atoms with Crippen LogP contribution >= 0.6 is 7.82 Å². The number of nitrogens with zero attached hydrogens (tertiary/aromatic N) is 4. The lowest BCUT2D eigenvalue weighted by molar-refractivity contribution is -0.146. The number of amides is 3. The molecule has 1 saturated heterocycles. The van der Waals surface area contributed by atoms with Gasteiger partial charge >= 0.3 is 26.0 Å². The van der Waals surface area contributed by atoms with Crippen molar-refractivity contribution in [3.63, 3.8) is 0 Å². The number of esters is 1. The number of rotatable bonds is 22. The number of phosphoric ester groups is 1. The molecule has 4 heterocycles. The third kappa shape index (κ3) is 14.0. The fourth-order valence-corrected chi connectivity index (χ4v) is 9.66. The Hall–Kier alpha value is -8.18. The monoisotopic (exact) mass is 1100 g/mol. The molecule has 0 saturated carbocycles. The van der Waals surface area contributed by atoms with E-state index in [1.165, 1.54) is 22.8 Å². The molecule has 1 N–H and O–H groups in total. The van der Waals surface area contributed by atoms with Crippen molar-refractivity contribution in [1.82, 2.24) is 19.7 Å². The van der Waals surface area contributed by atoms with Crippen LogP contribution in [-0.2, 0) is 77.8 Å². The van der Waals surface area contributed by atoms with Crippen LogP contribution < -0.4 is 15.5 Å². The Balaban J connectivity index is 0.949. The lowest BCUT2D eigenvalue weighted by atomic mass is 9.85. The maximum Gasteiger partial charge on any atom is 0.511 e. The normalized spacial score (nSPS) is 17.4. The SMILES string of the molecule is COC1=NO[C@@]2(CC[C@H](C)N3C[C@H]2n2cc(C(=O)NCc4ccc(F)cc4F)c(=O)c(OCOC(=O)OCCN(CC(=O)OCc4ccccc4)C(=O)OCOP(=O)(OCc4ccccc4)OCc4ccccc4)c2C3=O)C1. The van der Waals surface area contributed by atoms with E-state index in [1.807, 2.05) is 6.92 Å². The molecule has 0 radical (unpaired) electrons. The molecule has 1 fully saturated rings. The minimum Gasteiger partial charge on any atom is -0.482 e. The first-order valence-corrected chi connectivity index (χ1v) is 25.9. The predicted molar refractivity (Wildman–Crippen MR) is 268 cm³/mol. The zero-order valence-corrected chi connectivity index (χ0v) is 43.1. The first kappa shape index (κ1) is 56.0. The van der Waals surface area contributed by atoms with Crippen molar-refractivity contribution in [3.05, 3.63) is 171 Å². The Morgan fingerprint density at radius 3 is 2.12 bits per heavy atom. The van der Waals surface area contributed by atoms with Crippen molar-refractivity contribution >= 4 is 43.8 Å². The molecule has 0 unspecified atom stereocenters. The Morgan fingerprint density at radius 1 is 0.833 bits per heavy atom. The highest BCUT2D eigenvalue weighted by Crippen LogP contribution is 2.51. The second-order valence-corrected chi connectivity index (χ2v) is 19.6. The molecule has 412 valence electrons. The van der Waals surface area contributed by atoms with E-state index in [0.29, 0.717) is 35.6 Å². The van der Waals surface area contributed by atoms with Gasteiger partial charge in [-0.05, 0) is 42.5 Å². The van der Waals surface area contributed by atoms with Gasteiger partial charge in [0.1, 0.15) is 37.0 Å². The number of nitrogens with one attached hydrogen (secondary N) is 1. The Morgan fingerprint density at radius 2 is 1.49 bits per heavy atom. The van der Waals surface area contributed by atoms with E-state index >= 15 is 0 Å². The highest BCUT2D eigenvalue weighted by atomic mass is 31.2. The molecule has 1 aromatic heterocycles. The van der Waals surface area contributed by atoms with Gasteiger partial charge in [-0.1, -0.05) is 102 Å². The fraction of sp³-hybridized carbons (Fsp3) is 0.340. The second-order valence-electron chi connectivity index (χ2n) is 18.0. The number of ether oxygens (including phenoxy) is 6. The van der Waals surface area contributed by atoms with Crippen LogP contribution in [0.3, 0.4) is 0 Å². The zero-order valence-electron chi connectivity index (χ0n) is 42.2. The van der Waals surface area contributed by atoms with Crippen LogP contribution in [0.25, 0.3) is 0 Å². The average Bonchev–Trinajstić information content (AvgIpc) is 4.00. The third-order valence-electron chi connectivity index (χ3n) is 12.8. The Labute approximate surface area is 445 Å². The van der Waals surface area contributed by atoms with Crippen LogP contribution in [0.4, 0.5) is 18.4 Å². The molecule has 5 aromatic rings. The number of oxime groups is 1. The van der Waals surface area contributed by atoms with E-state index in [0.717, 1.165) is 17.0 Å². The number of hydrogen-bond donors (Lipinski definition) is 1. The van der Waals surface area contributed by atoms with Crippen LogP contribution in [0.15, 0.2) is 125 Å². The van der Waals surface area contributed by atoms with Gasteiger partial charge in [0.25, 0.3) is 11.8 Å². The lowest BCUT2D eigenvalue weighted by Gasteiger charge is -2.42. The van der Waals surface area contributed by atoms with E-state index < -0.39 is 118 Å². The molecule has 3 aliphatic heterocycles. The number of methoxy groups -OCH3 is 1. The summed E-state index contributed by atoms with van der Waals surface area (Å²) < 4.78 is 92.1. The standard InChI is InChI=1S/C53H54F2N5O17P/c1-35-20-21-53(25-44(68-2)57-77-53)43-28-59(35)50(64)46-48(47(62)41(27-60(43)46)49(63)56-26-39-18-19-40(54)24-42(39)55)71-33-73-52(66)69-23-22-58(29-45(61)70-30-36-12-6-3-7-13-36)51(65)72-34-76-78(67,74-31-37-14-8-4-9-15-37)75-32-38-16-10-5-11-17-38/h3-19,24,27,35,43H,20-23,25-26,28-34H2,1-2H3,(H,56,63)/t35-,43+,53-/m0/s1. The van der Waals surface area contributed by atoms with Gasteiger partial charge in [-0.25, -0.2) is 27.5 Å². The minimum absolute atomic E-state index is 0.0575. The molecule has 2 bridgehead atoms. The molecule has 3 amide bonds. The number of aromatic nitrogens is 1. The highest BCUT2D eigenvalue weighted by Gasteiger charge is 2.55. The summed E-state index contributed by atoms with van der Waals surface area (Å²) in [5.74, 6) is -4.77. The van der Waals surface area contributed by atoms with Crippen LogP contribution in [-0.4, -0.2) is 109 Å². The maximum atomic E-state index is 14.6. The van der Waals surface area contributed by atoms with Crippen LogP contribution in [0.2, 0.25) is 0 Å². The van der Waals surface area contributed by atoms with Crippen molar-refractivity contribution in [2.24, 2.45) is 5.16 Å². The van der Waals surface area contributed by atoms with Gasteiger partial charge in [-0.3, -0.25) is 33.1 Å². The van der Waals surface area contributed by atoms with Gasteiger partial charge in [0.15, 0.2) is 11.3 Å². The zero-order chi connectivity index (χ0) is 55.2. The van der Waals surface area contributed by atoms with Gasteiger partial charge < -0.3 is 48.0 Å². The van der Waals surface area contributed by atoms with E-state index in [9.17, 15) is 42.1 Å². The van der Waals surface area contributed by atoms with Crippen molar-refractivity contribution in [1.29, 1.82) is 0 Å². The summed E-state index contributed by atoms with van der Waals surface area (Å²) in [4.78, 5) is 90.5. The summed E-state index contributed by atoms with van der Waals surface area (Å²) >= 11 is 0. The topological polar surface area (TPSA) is 248 Å². The number of phosphoric acid groups is 1. The van der Waals surface area contributed by atoms with Gasteiger partial charge in [-0.2, -0.15) is 0 Å². The van der Waals surface area contributed by atoms with E-state index in [1.54, 1.807) is 91.0 Å². The van der Waals surface area contributed by atoms with Crippen LogP contribution in [0, 0.1) is 11.6 Å². The molecule has 25 heteroatoms. The molecular weight excluding hydrogens is 1050 g/mol. The average molecular weight is 1100 g/mol. The van der Waals surface area contributed by atoms with E-state index in [-0.39, 0.29) is 56.0 Å². The number of hydrogen-bond acceptors (Lipinski definition) is 18. The first-order valence-electron chi connectivity index (χ1n) is 24.4. The number of benzene rings is 4. The van der Waals surface area contributed by atoms with Gasteiger partial charge in [0.05, 0.1) is 39.3 Å². The fourth-order valence-electron chi connectivity index (χ4n) is 8.64. The summed E-state index contributed by atoms with van der Waals surface area (Å²) in [5.41, 5.74) is -1.26. The molecule has 8 rings (SSSR count). The van der Waals surface area contributed by atoms with Gasteiger partial charge in [-0.15, -0.1) is 0 Å². The molecule has 0 aliphatic carbocycles. The van der Waals surface area contributed by atoms with Crippen molar-refractivity contribution in [3.8, 4) is 5.75 Å². The number of fused-ring (bicyclic) bond motifs is 5. The maximum absolute atomic E-state index is 14.6. The summed E-state index contributed by atoms with van der Waals surface area (Å²) in [6.45, 7) is -3.04. The first-order chi connectivity index (χ1) is 37.6. The minimum atomic E-state index is -4.42. The van der Waals surface area contributed by atoms with E-state index in [2.05, 4.69) is 10.5 Å². The molecular formula is C53H54F2N5O17P. The number of halogens is 2. The largest absolute Gasteiger partial charge is 0.511 e. The van der Waals surface area contributed by atoms with Crippen LogP contribution in [0.1, 0.15) is 75.3 Å². The van der Waals surface area contributed by atoms with Crippen molar-refractivity contribution in [2.75, 3.05) is 46.9 Å². The quantitative estimate of drug-likeness (QED) is 0.0304. The third-order valence-corrected chi connectivity index (χ3v) is 14.2. The molecule has 4 aromatic carbocycles. The number of carbonyl (C=O) groups is 5. The van der Waals surface area contributed by atoms with Crippen LogP contribution in [0.5, 0.6) is 5.75 Å². The summed E-state index contributed by atoms with van der Waals surface area (Å²) in [7, 11) is -3.00. The molecule has 1 spiro atoms. The molecule has 3 atom stereocenters. The summed E-state index contributed by atoms with van der Waals surface area (Å²) in [6, 6.07) is 27.8. The van der Waals surface area contributed by atoms with Gasteiger partial charge in [0.2, 0.25) is 30.7 Å². The summed E-state index contributed by atoms with van der Waals surface area (Å²) in [6.07, 6.45) is -0.459. The summed E-state index contributed by atoms with van der Waals surface area (Å²) in [5, 5.41) is 6.56. The molecule has 3 aliphatic rings. The Kier molecular flexibility index (Phi) is 18.5.